The maximum absolute atomic E-state index is 12.5. The van der Waals surface area contributed by atoms with Gasteiger partial charge in [-0.2, -0.15) is 4.98 Å². The van der Waals surface area contributed by atoms with Crippen molar-refractivity contribution in [2.24, 2.45) is 0 Å². The van der Waals surface area contributed by atoms with Gasteiger partial charge in [0.1, 0.15) is 0 Å². The van der Waals surface area contributed by atoms with E-state index in [1.165, 1.54) is 0 Å². The van der Waals surface area contributed by atoms with Gasteiger partial charge in [-0.3, -0.25) is 4.79 Å². The Labute approximate surface area is 178 Å². The largest absolute Gasteiger partial charge is 0.339 e. The Kier molecular flexibility index (Phi) is 4.88. The van der Waals surface area contributed by atoms with E-state index in [1.54, 1.807) is 16.2 Å². The number of nitrogens with zero attached hydrogens (tertiary/aromatic N) is 4. The quantitative estimate of drug-likeness (QED) is 0.461. The summed E-state index contributed by atoms with van der Waals surface area (Å²) in [6.45, 7) is 2.66. The number of aromatic nitrogens is 3. The Morgan fingerprint density at radius 2 is 1.83 bits per heavy atom. The van der Waals surface area contributed by atoms with Crippen LogP contribution in [-0.4, -0.2) is 27.6 Å². The fourth-order valence-electron chi connectivity index (χ4n) is 3.64. The highest BCUT2D eigenvalue weighted by atomic mass is 32.1. The third kappa shape index (κ3) is 3.52. The Morgan fingerprint density at radius 3 is 2.57 bits per heavy atom. The lowest BCUT2D eigenvalue weighted by Gasteiger charge is -2.15. The summed E-state index contributed by atoms with van der Waals surface area (Å²) in [7, 11) is 0. The van der Waals surface area contributed by atoms with Crippen LogP contribution in [0.25, 0.3) is 22.6 Å². The van der Waals surface area contributed by atoms with Crippen LogP contribution < -0.4 is 4.90 Å². The SMILES string of the molecule is CCc1nc(-c2ccc(-c3noc(C4CC(=O)N(c5ccccc5)C4)n3)cc2)cs1. The first kappa shape index (κ1) is 18.7. The molecule has 1 aliphatic heterocycles. The van der Waals surface area contributed by atoms with Gasteiger partial charge in [0.2, 0.25) is 17.6 Å². The van der Waals surface area contributed by atoms with E-state index in [0.717, 1.165) is 33.9 Å². The average Bonchev–Trinajstić information content (AvgIpc) is 3.54. The van der Waals surface area contributed by atoms with Gasteiger partial charge in [-0.05, 0) is 18.6 Å². The molecule has 6 nitrogen and oxygen atoms in total. The summed E-state index contributed by atoms with van der Waals surface area (Å²) in [6.07, 6.45) is 1.32. The van der Waals surface area contributed by atoms with Crippen molar-refractivity contribution in [3.05, 3.63) is 70.9 Å². The summed E-state index contributed by atoms with van der Waals surface area (Å²) in [5.74, 6) is 1.02. The lowest BCUT2D eigenvalue weighted by molar-refractivity contribution is -0.117. The third-order valence-corrected chi connectivity index (χ3v) is 6.27. The van der Waals surface area contributed by atoms with Crippen molar-refractivity contribution in [2.75, 3.05) is 11.4 Å². The van der Waals surface area contributed by atoms with Gasteiger partial charge >= 0.3 is 0 Å². The van der Waals surface area contributed by atoms with Crippen LogP contribution in [0.1, 0.15) is 30.2 Å². The van der Waals surface area contributed by atoms with Gasteiger partial charge < -0.3 is 9.42 Å². The Hall–Kier alpha value is -3.32. The molecular weight excluding hydrogens is 396 g/mol. The molecule has 1 atom stereocenters. The number of thiazole rings is 1. The van der Waals surface area contributed by atoms with Gasteiger partial charge in [0, 0.05) is 35.2 Å². The predicted octanol–water partition coefficient (Wildman–Crippen LogP) is 4.94. The van der Waals surface area contributed by atoms with Gasteiger partial charge in [-0.15, -0.1) is 11.3 Å². The average molecular weight is 417 g/mol. The highest BCUT2D eigenvalue weighted by Crippen LogP contribution is 2.32. The van der Waals surface area contributed by atoms with E-state index in [2.05, 4.69) is 27.4 Å². The number of benzene rings is 2. The first-order chi connectivity index (χ1) is 14.7. The molecule has 30 heavy (non-hydrogen) atoms. The summed E-state index contributed by atoms with van der Waals surface area (Å²) >= 11 is 1.68. The predicted molar refractivity (Wildman–Crippen MR) is 116 cm³/mol. The third-order valence-electron chi connectivity index (χ3n) is 5.28. The standard InChI is InChI=1S/C23H20N4O2S/c1-2-20-24-19(14-30-20)15-8-10-16(11-9-15)22-25-23(29-26-22)17-12-21(28)27(13-17)18-6-4-3-5-7-18/h3-11,14,17H,2,12-13H2,1H3. The minimum absolute atomic E-state index is 0.0741. The van der Waals surface area contributed by atoms with Gasteiger partial charge in [0.15, 0.2) is 0 Å². The number of hydrogen-bond acceptors (Lipinski definition) is 6. The van der Waals surface area contributed by atoms with Gasteiger partial charge in [0.05, 0.1) is 16.6 Å². The molecule has 2 aromatic carbocycles. The minimum atomic E-state index is -0.0966. The van der Waals surface area contributed by atoms with Crippen molar-refractivity contribution in [3.8, 4) is 22.6 Å². The highest BCUT2D eigenvalue weighted by molar-refractivity contribution is 7.09. The van der Waals surface area contributed by atoms with E-state index in [4.69, 9.17) is 4.52 Å². The molecule has 1 amide bonds. The second-order valence-corrected chi connectivity index (χ2v) is 8.20. The van der Waals surface area contributed by atoms with Crippen molar-refractivity contribution in [3.63, 3.8) is 0 Å². The molecule has 0 spiro atoms. The Morgan fingerprint density at radius 1 is 1.07 bits per heavy atom. The molecule has 0 radical (unpaired) electrons. The number of anilines is 1. The van der Waals surface area contributed by atoms with Crippen LogP contribution in [0.15, 0.2) is 64.5 Å². The van der Waals surface area contributed by atoms with Crippen LogP contribution in [0.5, 0.6) is 0 Å². The van der Waals surface area contributed by atoms with Crippen LogP contribution in [0.4, 0.5) is 5.69 Å². The zero-order valence-corrected chi connectivity index (χ0v) is 17.3. The van der Waals surface area contributed by atoms with Gasteiger partial charge in [-0.25, -0.2) is 4.98 Å². The first-order valence-corrected chi connectivity index (χ1v) is 10.8. The summed E-state index contributed by atoms with van der Waals surface area (Å²) < 4.78 is 5.52. The van der Waals surface area contributed by atoms with Crippen LogP contribution >= 0.6 is 11.3 Å². The fraction of sp³-hybridized carbons (Fsp3) is 0.217. The molecule has 5 rings (SSSR count). The number of aryl methyl sites for hydroxylation is 1. The topological polar surface area (TPSA) is 72.1 Å². The van der Waals surface area contributed by atoms with Crippen LogP contribution in [0.2, 0.25) is 0 Å². The zero-order chi connectivity index (χ0) is 20.5. The fourth-order valence-corrected chi connectivity index (χ4v) is 4.40. The Bertz CT molecular complexity index is 1170. The molecule has 150 valence electrons. The summed E-state index contributed by atoms with van der Waals surface area (Å²) in [4.78, 5) is 23.4. The number of rotatable bonds is 5. The summed E-state index contributed by atoms with van der Waals surface area (Å²) in [6, 6.07) is 17.7. The van der Waals surface area contributed by atoms with Crippen LogP contribution in [0.3, 0.4) is 0 Å². The number of carbonyl (C=O) groups excluding carboxylic acids is 1. The van der Waals surface area contributed by atoms with Crippen molar-refractivity contribution >= 4 is 22.9 Å². The molecule has 1 fully saturated rings. The van der Waals surface area contributed by atoms with E-state index in [9.17, 15) is 4.79 Å². The maximum atomic E-state index is 12.5. The second-order valence-electron chi connectivity index (χ2n) is 7.25. The summed E-state index contributed by atoms with van der Waals surface area (Å²) in [5, 5.41) is 7.36. The van der Waals surface area contributed by atoms with E-state index in [1.807, 2.05) is 54.6 Å². The maximum Gasteiger partial charge on any atom is 0.232 e. The van der Waals surface area contributed by atoms with Crippen molar-refractivity contribution in [2.45, 2.75) is 25.7 Å². The van der Waals surface area contributed by atoms with E-state index in [-0.39, 0.29) is 11.8 Å². The lowest BCUT2D eigenvalue weighted by Crippen LogP contribution is -2.24. The summed E-state index contributed by atoms with van der Waals surface area (Å²) in [5.41, 5.74) is 3.83. The molecule has 4 aromatic rings. The number of amides is 1. The first-order valence-electron chi connectivity index (χ1n) is 9.95. The molecule has 0 aliphatic carbocycles. The van der Waals surface area contributed by atoms with E-state index >= 15 is 0 Å². The molecule has 1 saturated heterocycles. The molecule has 3 heterocycles. The van der Waals surface area contributed by atoms with Crippen LogP contribution in [0, 0.1) is 0 Å². The van der Waals surface area contributed by atoms with Crippen molar-refractivity contribution in [1.82, 2.24) is 15.1 Å². The van der Waals surface area contributed by atoms with Gasteiger partial charge in [-0.1, -0.05) is 54.5 Å². The molecular formula is C23H20N4O2S. The molecule has 1 unspecified atom stereocenters. The normalized spacial score (nSPS) is 16.4. The molecule has 0 N–H and O–H groups in total. The van der Waals surface area contributed by atoms with Crippen molar-refractivity contribution in [1.29, 1.82) is 0 Å². The number of hydrogen-bond donors (Lipinski definition) is 0. The van der Waals surface area contributed by atoms with Crippen molar-refractivity contribution < 1.29 is 9.32 Å². The minimum Gasteiger partial charge on any atom is -0.339 e. The molecule has 0 bridgehead atoms. The number of para-hydroxylation sites is 1. The second kappa shape index (κ2) is 7.84. The monoisotopic (exact) mass is 416 g/mol. The molecule has 1 aliphatic rings. The molecule has 0 saturated carbocycles. The molecule has 7 heteroatoms. The van der Waals surface area contributed by atoms with E-state index < -0.39 is 0 Å². The lowest BCUT2D eigenvalue weighted by atomic mass is 10.1. The smallest absolute Gasteiger partial charge is 0.232 e. The van der Waals surface area contributed by atoms with Gasteiger partial charge in [0.25, 0.3) is 0 Å². The number of carbonyl (C=O) groups is 1. The highest BCUT2D eigenvalue weighted by Gasteiger charge is 2.35. The zero-order valence-electron chi connectivity index (χ0n) is 16.5. The Balaban J connectivity index is 1.33. The van der Waals surface area contributed by atoms with Crippen LogP contribution in [-0.2, 0) is 11.2 Å². The molecule has 2 aromatic heterocycles. The van der Waals surface area contributed by atoms with E-state index in [0.29, 0.717) is 24.7 Å².